The van der Waals surface area contributed by atoms with Gasteiger partial charge in [0.25, 0.3) is 0 Å². The standard InChI is InChI=1S/C10H13NO2.C4H8N2O3/c1-13-10(12)9(11)7-8-5-3-2-4-6-8;5-2(4(6)9)1-3(7)8/h2-6,9H,7,11H2,1H3;2H,1,5H2,(H2,6,9)(H,7,8). The molecule has 0 aromatic heterocycles. The van der Waals surface area contributed by atoms with E-state index in [2.05, 4.69) is 10.5 Å². The molecule has 0 bridgehead atoms. The van der Waals surface area contributed by atoms with E-state index >= 15 is 0 Å². The van der Waals surface area contributed by atoms with E-state index in [1.165, 1.54) is 7.11 Å². The van der Waals surface area contributed by atoms with Gasteiger partial charge < -0.3 is 27.0 Å². The van der Waals surface area contributed by atoms with Gasteiger partial charge in [0.1, 0.15) is 6.04 Å². The molecular weight excluding hydrogens is 290 g/mol. The number of carboxylic acid groups (broad SMARTS) is 1. The molecular formula is C14H21N3O5. The second kappa shape index (κ2) is 10.3. The number of benzene rings is 1. The van der Waals surface area contributed by atoms with Crippen molar-refractivity contribution in [1.29, 1.82) is 0 Å². The maximum absolute atomic E-state index is 11.0. The molecule has 8 heteroatoms. The second-order valence-corrected chi connectivity index (χ2v) is 4.43. The van der Waals surface area contributed by atoms with Gasteiger partial charge in [0, 0.05) is 0 Å². The van der Waals surface area contributed by atoms with E-state index in [1.807, 2.05) is 30.3 Å². The van der Waals surface area contributed by atoms with E-state index in [1.54, 1.807) is 0 Å². The Morgan fingerprint density at radius 3 is 2.05 bits per heavy atom. The van der Waals surface area contributed by atoms with Crippen LogP contribution < -0.4 is 17.2 Å². The Bertz CT molecular complexity index is 493. The molecule has 0 fully saturated rings. The van der Waals surface area contributed by atoms with Crippen LogP contribution in [0.5, 0.6) is 0 Å². The Balaban J connectivity index is 0.000000433. The lowest BCUT2D eigenvalue weighted by Gasteiger charge is -2.08. The Morgan fingerprint density at radius 2 is 1.68 bits per heavy atom. The van der Waals surface area contributed by atoms with Gasteiger partial charge in [0.15, 0.2) is 0 Å². The molecule has 0 spiro atoms. The van der Waals surface area contributed by atoms with E-state index in [9.17, 15) is 14.4 Å². The van der Waals surface area contributed by atoms with Crippen LogP contribution in [0.1, 0.15) is 12.0 Å². The van der Waals surface area contributed by atoms with Crippen molar-refractivity contribution in [2.45, 2.75) is 24.9 Å². The lowest BCUT2D eigenvalue weighted by molar-refractivity contribution is -0.142. The molecule has 1 rings (SSSR count). The summed E-state index contributed by atoms with van der Waals surface area (Å²) in [5.41, 5.74) is 16.2. The van der Waals surface area contributed by atoms with E-state index in [0.717, 1.165) is 5.56 Å². The zero-order chi connectivity index (χ0) is 17.1. The first-order valence-electron chi connectivity index (χ1n) is 6.42. The monoisotopic (exact) mass is 311 g/mol. The Morgan fingerprint density at radius 1 is 1.14 bits per heavy atom. The van der Waals surface area contributed by atoms with Gasteiger partial charge in [-0.1, -0.05) is 30.3 Å². The van der Waals surface area contributed by atoms with Crippen molar-refractivity contribution < 1.29 is 24.2 Å². The first-order valence-corrected chi connectivity index (χ1v) is 6.42. The van der Waals surface area contributed by atoms with Crippen molar-refractivity contribution >= 4 is 17.8 Å². The minimum atomic E-state index is -1.12. The zero-order valence-electron chi connectivity index (χ0n) is 12.3. The normalized spacial score (nSPS) is 12.3. The maximum Gasteiger partial charge on any atom is 0.322 e. The highest BCUT2D eigenvalue weighted by molar-refractivity contribution is 5.84. The second-order valence-electron chi connectivity index (χ2n) is 4.43. The fourth-order valence-electron chi connectivity index (χ4n) is 1.39. The molecule has 122 valence electrons. The average molecular weight is 311 g/mol. The fraction of sp³-hybridized carbons (Fsp3) is 0.357. The molecule has 1 amide bonds. The number of carboxylic acids is 1. The topological polar surface area (TPSA) is 159 Å². The van der Waals surface area contributed by atoms with Crippen molar-refractivity contribution in [3.05, 3.63) is 35.9 Å². The van der Waals surface area contributed by atoms with Crippen LogP contribution in [0.15, 0.2) is 30.3 Å². The molecule has 0 saturated heterocycles. The molecule has 2 atom stereocenters. The number of rotatable bonds is 6. The Labute approximate surface area is 128 Å². The average Bonchev–Trinajstić information content (AvgIpc) is 2.47. The highest BCUT2D eigenvalue weighted by Crippen LogP contribution is 2.02. The molecule has 0 aliphatic heterocycles. The number of carbonyl (C=O) groups is 3. The zero-order valence-corrected chi connectivity index (χ0v) is 12.3. The van der Waals surface area contributed by atoms with Crippen molar-refractivity contribution in [1.82, 2.24) is 0 Å². The predicted molar refractivity (Wildman–Crippen MR) is 79.6 cm³/mol. The molecule has 22 heavy (non-hydrogen) atoms. The number of nitrogens with two attached hydrogens (primary N) is 3. The van der Waals surface area contributed by atoms with Gasteiger partial charge in [-0.2, -0.15) is 0 Å². The molecule has 2 unspecified atom stereocenters. The van der Waals surface area contributed by atoms with Gasteiger partial charge in [-0.25, -0.2) is 0 Å². The molecule has 0 heterocycles. The van der Waals surface area contributed by atoms with Crippen molar-refractivity contribution in [3.8, 4) is 0 Å². The molecule has 1 aromatic rings. The highest BCUT2D eigenvalue weighted by Gasteiger charge is 2.13. The number of carbonyl (C=O) groups excluding carboxylic acids is 2. The van der Waals surface area contributed by atoms with Gasteiger partial charge >= 0.3 is 11.9 Å². The van der Waals surface area contributed by atoms with E-state index in [4.69, 9.17) is 16.6 Å². The minimum absolute atomic E-state index is 0.371. The number of ether oxygens (including phenoxy) is 1. The number of esters is 1. The summed E-state index contributed by atoms with van der Waals surface area (Å²) in [6.45, 7) is 0. The number of primary amides is 1. The molecule has 0 aliphatic carbocycles. The van der Waals surface area contributed by atoms with Crippen molar-refractivity contribution in [3.63, 3.8) is 0 Å². The van der Waals surface area contributed by atoms with Crippen LogP contribution in [0.2, 0.25) is 0 Å². The van der Waals surface area contributed by atoms with Crippen LogP contribution in [-0.2, 0) is 25.5 Å². The maximum atomic E-state index is 11.0. The van der Waals surface area contributed by atoms with Crippen molar-refractivity contribution in [2.24, 2.45) is 17.2 Å². The first-order chi connectivity index (χ1) is 10.3. The quantitative estimate of drug-likeness (QED) is 0.490. The third kappa shape index (κ3) is 8.67. The smallest absolute Gasteiger partial charge is 0.322 e. The minimum Gasteiger partial charge on any atom is -0.481 e. The van der Waals surface area contributed by atoms with E-state index in [0.29, 0.717) is 6.42 Å². The molecule has 8 nitrogen and oxygen atoms in total. The van der Waals surface area contributed by atoms with Gasteiger partial charge in [0.2, 0.25) is 5.91 Å². The number of amides is 1. The van der Waals surface area contributed by atoms with Crippen LogP contribution in [0.3, 0.4) is 0 Å². The summed E-state index contributed by atoms with van der Waals surface area (Å²) in [4.78, 5) is 30.9. The van der Waals surface area contributed by atoms with Gasteiger partial charge in [-0.05, 0) is 12.0 Å². The summed E-state index contributed by atoms with van der Waals surface area (Å²) in [5, 5.41) is 8.04. The Hall–Kier alpha value is -2.45. The molecule has 0 saturated carbocycles. The van der Waals surface area contributed by atoms with Gasteiger partial charge in [-0.3, -0.25) is 14.4 Å². The summed E-state index contributed by atoms with van der Waals surface area (Å²) < 4.78 is 4.52. The first kappa shape index (κ1) is 19.6. The van der Waals surface area contributed by atoms with Gasteiger partial charge in [-0.15, -0.1) is 0 Å². The lowest BCUT2D eigenvalue weighted by atomic mass is 10.1. The van der Waals surface area contributed by atoms with Crippen LogP contribution in [0.25, 0.3) is 0 Å². The third-order valence-electron chi connectivity index (χ3n) is 2.56. The fourth-order valence-corrected chi connectivity index (χ4v) is 1.39. The summed E-state index contributed by atoms with van der Waals surface area (Å²) in [5.74, 6) is -2.29. The molecule has 0 radical (unpaired) electrons. The summed E-state index contributed by atoms with van der Waals surface area (Å²) >= 11 is 0. The molecule has 0 aliphatic rings. The van der Waals surface area contributed by atoms with Gasteiger partial charge in [0.05, 0.1) is 19.6 Å². The van der Waals surface area contributed by atoms with Crippen LogP contribution >= 0.6 is 0 Å². The highest BCUT2D eigenvalue weighted by atomic mass is 16.5. The number of methoxy groups -OCH3 is 1. The molecule has 7 N–H and O–H groups in total. The summed E-state index contributed by atoms with van der Waals surface area (Å²) in [7, 11) is 1.34. The number of aliphatic carboxylic acids is 1. The molecule has 1 aromatic carbocycles. The van der Waals surface area contributed by atoms with E-state index in [-0.39, 0.29) is 5.97 Å². The number of hydrogen-bond acceptors (Lipinski definition) is 6. The number of hydrogen-bond donors (Lipinski definition) is 4. The van der Waals surface area contributed by atoms with E-state index < -0.39 is 30.4 Å². The summed E-state index contributed by atoms with van der Waals surface area (Å²) in [6.07, 6.45) is 0.114. The van der Waals surface area contributed by atoms with Crippen molar-refractivity contribution in [2.75, 3.05) is 7.11 Å². The predicted octanol–water partition coefficient (Wildman–Crippen LogP) is -0.997. The van der Waals surface area contributed by atoms with Crippen LogP contribution in [0, 0.1) is 0 Å². The SMILES string of the molecule is COC(=O)C(N)Cc1ccccc1.NC(=O)C(N)CC(=O)O. The lowest BCUT2D eigenvalue weighted by Crippen LogP contribution is -2.38. The van der Waals surface area contributed by atoms with Crippen LogP contribution in [-0.4, -0.2) is 42.1 Å². The summed E-state index contributed by atoms with van der Waals surface area (Å²) in [6, 6.07) is 7.99. The van der Waals surface area contributed by atoms with Crippen LogP contribution in [0.4, 0.5) is 0 Å². The third-order valence-corrected chi connectivity index (χ3v) is 2.56. The Kier molecular flexibility index (Phi) is 9.15. The largest absolute Gasteiger partial charge is 0.481 e.